The van der Waals surface area contributed by atoms with Crippen molar-refractivity contribution in [2.45, 2.75) is 38.0 Å². The highest BCUT2D eigenvalue weighted by Gasteiger charge is 2.32. The number of rotatable bonds is 7. The highest BCUT2D eigenvalue weighted by molar-refractivity contribution is 7.89. The van der Waals surface area contributed by atoms with Crippen molar-refractivity contribution in [3.63, 3.8) is 0 Å². The molecule has 2 aromatic rings. The van der Waals surface area contributed by atoms with Crippen molar-refractivity contribution >= 4 is 16.0 Å². The van der Waals surface area contributed by atoms with Gasteiger partial charge in [-0.25, -0.2) is 8.42 Å². The van der Waals surface area contributed by atoms with Crippen molar-refractivity contribution in [2.75, 3.05) is 26.8 Å². The molecule has 3 rings (SSSR count). The van der Waals surface area contributed by atoms with Crippen LogP contribution < -0.4 is 4.74 Å². The number of esters is 1. The molecule has 30 heavy (non-hydrogen) atoms. The summed E-state index contributed by atoms with van der Waals surface area (Å²) >= 11 is 0. The topological polar surface area (TPSA) is 72.9 Å². The van der Waals surface area contributed by atoms with Crippen LogP contribution in [0.4, 0.5) is 0 Å². The fourth-order valence-corrected chi connectivity index (χ4v) is 5.09. The Bertz CT molecular complexity index is 977. The van der Waals surface area contributed by atoms with Crippen molar-refractivity contribution in [1.82, 2.24) is 4.31 Å². The average Bonchev–Trinajstić information content (AvgIpc) is 2.76. The molecule has 0 radical (unpaired) electrons. The first-order valence-corrected chi connectivity index (χ1v) is 11.6. The Kier molecular flexibility index (Phi) is 7.15. The summed E-state index contributed by atoms with van der Waals surface area (Å²) in [4.78, 5) is 12.7. The fourth-order valence-electron chi connectivity index (χ4n) is 3.53. The molecule has 1 aliphatic rings. The summed E-state index contributed by atoms with van der Waals surface area (Å²) in [5.41, 5.74) is 3.08. The van der Waals surface area contributed by atoms with Gasteiger partial charge in [0, 0.05) is 19.5 Å². The molecule has 0 bridgehead atoms. The Morgan fingerprint density at radius 2 is 1.70 bits per heavy atom. The van der Waals surface area contributed by atoms with Gasteiger partial charge in [-0.2, -0.15) is 4.31 Å². The number of benzene rings is 2. The summed E-state index contributed by atoms with van der Waals surface area (Å²) in [6.45, 7) is 4.83. The van der Waals surface area contributed by atoms with Crippen LogP contribution in [0.2, 0.25) is 0 Å². The summed E-state index contributed by atoms with van der Waals surface area (Å²) in [7, 11) is -1.92. The van der Waals surface area contributed by atoms with Crippen LogP contribution in [0.15, 0.2) is 47.4 Å². The molecule has 1 fully saturated rings. The SMILES string of the molecule is COc1ccc(CCOC(=O)C2CCN(S(=O)(=O)c3ccc(C)c(C)c3)CC2)cc1. The molecular formula is C23H29NO5S. The summed E-state index contributed by atoms with van der Waals surface area (Å²) < 4.78 is 37.8. The monoisotopic (exact) mass is 431 g/mol. The van der Waals surface area contributed by atoms with E-state index in [1.807, 2.05) is 44.2 Å². The standard InChI is InChI=1S/C23H29NO5S/c1-17-4-9-22(16-18(17)2)30(26,27)24-13-10-20(11-14-24)23(25)29-15-12-19-5-7-21(28-3)8-6-19/h4-9,16,20H,10-15H2,1-3H3. The third kappa shape index (κ3) is 5.21. The maximum Gasteiger partial charge on any atom is 0.309 e. The molecule has 0 aliphatic carbocycles. The van der Waals surface area contributed by atoms with Gasteiger partial charge in [0.25, 0.3) is 0 Å². The summed E-state index contributed by atoms with van der Waals surface area (Å²) in [6.07, 6.45) is 1.59. The van der Waals surface area contributed by atoms with Crippen LogP contribution in [0.1, 0.15) is 29.5 Å². The molecule has 0 aromatic heterocycles. The number of carbonyl (C=O) groups excluding carboxylic acids is 1. The van der Waals surface area contributed by atoms with Crippen molar-refractivity contribution < 1.29 is 22.7 Å². The molecule has 7 heteroatoms. The van der Waals surface area contributed by atoms with Gasteiger partial charge in [-0.1, -0.05) is 18.2 Å². The summed E-state index contributed by atoms with van der Waals surface area (Å²) in [5, 5.41) is 0. The van der Waals surface area contributed by atoms with Crippen molar-refractivity contribution in [2.24, 2.45) is 5.92 Å². The van der Waals surface area contributed by atoms with Crippen LogP contribution in [0.25, 0.3) is 0 Å². The van der Waals surface area contributed by atoms with E-state index in [-0.39, 0.29) is 11.9 Å². The van der Waals surface area contributed by atoms with Crippen LogP contribution in [0.3, 0.4) is 0 Å². The molecular weight excluding hydrogens is 402 g/mol. The van der Waals surface area contributed by atoms with E-state index in [9.17, 15) is 13.2 Å². The lowest BCUT2D eigenvalue weighted by Crippen LogP contribution is -2.40. The molecule has 0 unspecified atom stereocenters. The van der Waals surface area contributed by atoms with Crippen molar-refractivity contribution in [3.8, 4) is 5.75 Å². The summed E-state index contributed by atoms with van der Waals surface area (Å²) in [5.74, 6) is 0.289. The Balaban J connectivity index is 1.49. The molecule has 162 valence electrons. The number of hydrogen-bond donors (Lipinski definition) is 0. The lowest BCUT2D eigenvalue weighted by atomic mass is 9.98. The van der Waals surface area contributed by atoms with Crippen molar-refractivity contribution in [3.05, 3.63) is 59.2 Å². The van der Waals surface area contributed by atoms with E-state index in [1.54, 1.807) is 19.2 Å². The van der Waals surface area contributed by atoms with Gasteiger partial charge < -0.3 is 9.47 Å². The number of nitrogens with zero attached hydrogens (tertiary/aromatic N) is 1. The summed E-state index contributed by atoms with van der Waals surface area (Å²) in [6, 6.07) is 12.8. The zero-order chi connectivity index (χ0) is 21.7. The van der Waals surface area contributed by atoms with Crippen LogP contribution >= 0.6 is 0 Å². The number of hydrogen-bond acceptors (Lipinski definition) is 5. The van der Waals surface area contributed by atoms with E-state index in [2.05, 4.69) is 0 Å². The molecule has 6 nitrogen and oxygen atoms in total. The minimum atomic E-state index is -3.54. The van der Waals surface area contributed by atoms with Gasteiger partial charge in [-0.05, 0) is 67.6 Å². The minimum Gasteiger partial charge on any atom is -0.497 e. The third-order valence-corrected chi connectivity index (χ3v) is 7.59. The molecule has 0 atom stereocenters. The fraction of sp³-hybridized carbons (Fsp3) is 0.435. The third-order valence-electron chi connectivity index (χ3n) is 5.70. The Hall–Kier alpha value is -2.38. The molecule has 0 N–H and O–H groups in total. The predicted molar refractivity (Wildman–Crippen MR) is 115 cm³/mol. The number of methoxy groups -OCH3 is 1. The van der Waals surface area contributed by atoms with Gasteiger partial charge in [-0.3, -0.25) is 4.79 Å². The molecule has 1 aliphatic heterocycles. The van der Waals surface area contributed by atoms with Gasteiger partial charge in [0.15, 0.2) is 0 Å². The first kappa shape index (κ1) is 22.3. The van der Waals surface area contributed by atoms with E-state index < -0.39 is 10.0 Å². The molecule has 1 heterocycles. The average molecular weight is 432 g/mol. The second-order valence-corrected chi connectivity index (χ2v) is 9.63. The zero-order valence-corrected chi connectivity index (χ0v) is 18.6. The van der Waals surface area contributed by atoms with Crippen molar-refractivity contribution in [1.29, 1.82) is 0 Å². The number of carbonyl (C=O) groups is 1. The van der Waals surface area contributed by atoms with E-state index in [4.69, 9.17) is 9.47 Å². The highest BCUT2D eigenvalue weighted by Crippen LogP contribution is 2.26. The maximum absolute atomic E-state index is 12.9. The number of ether oxygens (including phenoxy) is 2. The Labute approximate surface area is 178 Å². The second-order valence-electron chi connectivity index (χ2n) is 7.69. The number of sulfonamides is 1. The van der Waals surface area contributed by atoms with Crippen LogP contribution in [0, 0.1) is 19.8 Å². The molecule has 1 saturated heterocycles. The number of piperidine rings is 1. The van der Waals surface area contributed by atoms with Gasteiger partial charge in [0.05, 0.1) is 24.5 Å². The Morgan fingerprint density at radius 3 is 2.30 bits per heavy atom. The lowest BCUT2D eigenvalue weighted by molar-refractivity contribution is -0.149. The molecule has 0 saturated carbocycles. The smallest absolute Gasteiger partial charge is 0.309 e. The van der Waals surface area contributed by atoms with Gasteiger partial charge in [0.2, 0.25) is 10.0 Å². The molecule has 0 spiro atoms. The zero-order valence-electron chi connectivity index (χ0n) is 17.8. The second kappa shape index (κ2) is 9.62. The van der Waals surface area contributed by atoms with E-state index in [0.717, 1.165) is 22.4 Å². The maximum atomic E-state index is 12.9. The minimum absolute atomic E-state index is 0.244. The first-order valence-electron chi connectivity index (χ1n) is 10.2. The van der Waals surface area contributed by atoms with Gasteiger partial charge in [-0.15, -0.1) is 0 Å². The van der Waals surface area contributed by atoms with Crippen LogP contribution in [-0.4, -0.2) is 45.5 Å². The molecule has 0 amide bonds. The largest absolute Gasteiger partial charge is 0.497 e. The quantitative estimate of drug-likeness (QED) is 0.628. The van der Waals surface area contributed by atoms with Gasteiger partial charge in [0.1, 0.15) is 5.75 Å². The highest BCUT2D eigenvalue weighted by atomic mass is 32.2. The normalized spacial score (nSPS) is 15.7. The van der Waals surface area contributed by atoms with E-state index in [1.165, 1.54) is 4.31 Å². The first-order chi connectivity index (χ1) is 14.3. The van der Waals surface area contributed by atoms with E-state index in [0.29, 0.717) is 43.9 Å². The van der Waals surface area contributed by atoms with E-state index >= 15 is 0 Å². The van der Waals surface area contributed by atoms with Crippen LogP contribution in [0.5, 0.6) is 5.75 Å². The van der Waals surface area contributed by atoms with Gasteiger partial charge >= 0.3 is 5.97 Å². The Morgan fingerprint density at radius 1 is 1.03 bits per heavy atom. The van der Waals surface area contributed by atoms with Crippen LogP contribution in [-0.2, 0) is 26.0 Å². The number of aryl methyl sites for hydroxylation is 2. The molecule has 2 aromatic carbocycles. The lowest BCUT2D eigenvalue weighted by Gasteiger charge is -2.30. The predicted octanol–water partition coefficient (Wildman–Crippen LogP) is 3.50.